The average Bonchev–Trinajstić information content (AvgIpc) is 2.61. The van der Waals surface area contributed by atoms with E-state index in [-0.39, 0.29) is 0 Å². The molecule has 1 heterocycles. The highest BCUT2D eigenvalue weighted by Crippen LogP contribution is 2.22. The summed E-state index contributed by atoms with van der Waals surface area (Å²) in [7, 11) is 0. The lowest BCUT2D eigenvalue weighted by atomic mass is 10.1. The van der Waals surface area contributed by atoms with E-state index in [4.69, 9.17) is 5.53 Å². The number of nitrogens with one attached hydrogen (secondary N) is 1. The fourth-order valence-corrected chi connectivity index (χ4v) is 1.78. The molecule has 0 spiro atoms. The fourth-order valence-electron chi connectivity index (χ4n) is 1.53. The predicted octanol–water partition coefficient (Wildman–Crippen LogP) is 3.31. The van der Waals surface area contributed by atoms with Gasteiger partial charge in [-0.25, -0.2) is 0 Å². The van der Waals surface area contributed by atoms with E-state index in [9.17, 15) is 0 Å². The van der Waals surface area contributed by atoms with Crippen LogP contribution in [0.15, 0.2) is 34.4 Å². The van der Waals surface area contributed by atoms with Crippen LogP contribution in [-0.4, -0.2) is 11.5 Å². The van der Waals surface area contributed by atoms with Crippen molar-refractivity contribution in [1.29, 1.82) is 0 Å². The van der Waals surface area contributed by atoms with Gasteiger partial charge < -0.3 is 4.98 Å². The summed E-state index contributed by atoms with van der Waals surface area (Å²) in [6.45, 7) is 0.494. The monoisotopic (exact) mass is 218 g/mol. The molecule has 1 aromatic heterocycles. The van der Waals surface area contributed by atoms with Crippen LogP contribution >= 0.6 is 12.6 Å². The van der Waals surface area contributed by atoms with Crippen molar-refractivity contribution in [3.05, 3.63) is 40.4 Å². The lowest BCUT2D eigenvalue weighted by molar-refractivity contribution is 0.958. The number of fused-ring (bicyclic) bond motifs is 1. The third-order valence-electron chi connectivity index (χ3n) is 2.29. The van der Waals surface area contributed by atoms with Crippen LogP contribution in [0.25, 0.3) is 21.3 Å². The van der Waals surface area contributed by atoms with E-state index in [1.54, 1.807) is 0 Å². The van der Waals surface area contributed by atoms with Gasteiger partial charge >= 0.3 is 0 Å². The number of H-pyrrole nitrogens is 1. The van der Waals surface area contributed by atoms with E-state index in [1.807, 2.05) is 18.3 Å². The first-order valence-electron chi connectivity index (χ1n) is 4.61. The summed E-state index contributed by atoms with van der Waals surface area (Å²) in [5, 5.41) is 4.62. The second kappa shape index (κ2) is 4.29. The lowest BCUT2D eigenvalue weighted by Gasteiger charge is -1.98. The van der Waals surface area contributed by atoms with Crippen LogP contribution in [-0.2, 0) is 6.42 Å². The highest BCUT2D eigenvalue weighted by molar-refractivity contribution is 7.80. The Morgan fingerprint density at radius 2 is 2.33 bits per heavy atom. The summed E-state index contributed by atoms with van der Waals surface area (Å²) in [4.78, 5) is 6.79. The molecule has 76 valence electrons. The Morgan fingerprint density at radius 3 is 3.13 bits per heavy atom. The molecule has 0 radical (unpaired) electrons. The van der Waals surface area contributed by atoms with Crippen molar-refractivity contribution in [1.82, 2.24) is 4.98 Å². The molecular weight excluding hydrogens is 208 g/mol. The van der Waals surface area contributed by atoms with Gasteiger partial charge in [-0.1, -0.05) is 11.2 Å². The van der Waals surface area contributed by atoms with E-state index in [1.165, 1.54) is 0 Å². The van der Waals surface area contributed by atoms with E-state index >= 15 is 0 Å². The molecule has 0 amide bonds. The third-order valence-corrected chi connectivity index (χ3v) is 2.66. The van der Waals surface area contributed by atoms with Crippen LogP contribution in [0.2, 0.25) is 0 Å². The molecule has 0 aliphatic heterocycles. The summed E-state index contributed by atoms with van der Waals surface area (Å²) in [6, 6.07) is 6.11. The van der Waals surface area contributed by atoms with Gasteiger partial charge in [0.15, 0.2) is 0 Å². The van der Waals surface area contributed by atoms with Crippen molar-refractivity contribution in [3.8, 4) is 0 Å². The van der Waals surface area contributed by atoms with Gasteiger partial charge in [-0.15, -0.1) is 12.6 Å². The maximum Gasteiger partial charge on any atom is 0.0465 e. The molecule has 0 aliphatic carbocycles. The molecule has 2 aromatic rings. The number of azide groups is 1. The van der Waals surface area contributed by atoms with Gasteiger partial charge in [-0.2, -0.15) is 0 Å². The molecule has 5 heteroatoms. The Balaban J connectivity index is 2.29. The second-order valence-corrected chi connectivity index (χ2v) is 3.74. The quantitative estimate of drug-likeness (QED) is 0.343. The van der Waals surface area contributed by atoms with Gasteiger partial charge in [0.1, 0.15) is 0 Å². The number of aromatic amines is 1. The van der Waals surface area contributed by atoms with Crippen LogP contribution in [0.4, 0.5) is 0 Å². The molecule has 0 bridgehead atoms. The minimum absolute atomic E-state index is 0.494. The van der Waals surface area contributed by atoms with Gasteiger partial charge in [0.2, 0.25) is 0 Å². The van der Waals surface area contributed by atoms with Crippen molar-refractivity contribution >= 4 is 23.5 Å². The molecule has 0 unspecified atom stereocenters. The van der Waals surface area contributed by atoms with E-state index < -0.39 is 0 Å². The van der Waals surface area contributed by atoms with Crippen LogP contribution in [0.1, 0.15) is 5.56 Å². The second-order valence-electron chi connectivity index (χ2n) is 3.26. The zero-order valence-electron chi connectivity index (χ0n) is 8.01. The molecule has 4 nitrogen and oxygen atoms in total. The van der Waals surface area contributed by atoms with E-state index in [0.29, 0.717) is 6.54 Å². The Morgan fingerprint density at radius 1 is 1.47 bits per heavy atom. The third kappa shape index (κ3) is 2.09. The molecule has 0 fully saturated rings. The number of nitrogens with zero attached hydrogens (tertiary/aromatic N) is 3. The number of hydrogen-bond acceptors (Lipinski definition) is 2. The molecule has 2 rings (SSSR count). The maximum absolute atomic E-state index is 8.17. The summed E-state index contributed by atoms with van der Waals surface area (Å²) in [6.07, 6.45) is 2.63. The lowest BCUT2D eigenvalue weighted by Crippen LogP contribution is -1.87. The van der Waals surface area contributed by atoms with Gasteiger partial charge in [-0.05, 0) is 29.6 Å². The smallest absolute Gasteiger partial charge is 0.0465 e. The van der Waals surface area contributed by atoms with Crippen molar-refractivity contribution in [2.75, 3.05) is 6.54 Å². The first-order valence-corrected chi connectivity index (χ1v) is 5.06. The van der Waals surface area contributed by atoms with Crippen LogP contribution in [0.5, 0.6) is 0 Å². The Bertz CT molecular complexity index is 525. The first-order chi connectivity index (χ1) is 7.31. The molecule has 0 aliphatic rings. The largest absolute Gasteiger partial charge is 0.360 e. The van der Waals surface area contributed by atoms with Gasteiger partial charge in [0.25, 0.3) is 0 Å². The van der Waals surface area contributed by atoms with E-state index in [2.05, 4.69) is 33.7 Å². The number of benzene rings is 1. The van der Waals surface area contributed by atoms with Gasteiger partial charge in [0, 0.05) is 33.5 Å². The number of hydrogen-bond donors (Lipinski definition) is 2. The molecular formula is C10H10N4S. The van der Waals surface area contributed by atoms with Crippen LogP contribution in [0, 0.1) is 0 Å². The van der Waals surface area contributed by atoms with Crippen LogP contribution in [0.3, 0.4) is 0 Å². The van der Waals surface area contributed by atoms with Crippen molar-refractivity contribution in [3.63, 3.8) is 0 Å². The molecule has 1 N–H and O–H groups in total. The molecule has 0 saturated heterocycles. The minimum Gasteiger partial charge on any atom is -0.360 e. The zero-order valence-corrected chi connectivity index (χ0v) is 8.91. The van der Waals surface area contributed by atoms with Crippen molar-refractivity contribution < 1.29 is 0 Å². The number of thiol groups is 1. The summed E-state index contributed by atoms with van der Waals surface area (Å²) >= 11 is 4.34. The molecule has 0 saturated carbocycles. The van der Waals surface area contributed by atoms with Gasteiger partial charge in [0.05, 0.1) is 0 Å². The highest BCUT2D eigenvalue weighted by atomic mass is 32.1. The normalized spacial score (nSPS) is 10.2. The molecule has 0 atom stereocenters. The zero-order chi connectivity index (χ0) is 10.7. The topological polar surface area (TPSA) is 64.6 Å². The molecule has 1 aromatic carbocycles. The SMILES string of the molecule is [N-]=[N+]=NCCc1ccc2[nH]cc(S)c2c1. The first kappa shape index (κ1) is 9.96. The number of aromatic nitrogens is 1. The standard InChI is InChI=1S/C10H10N4S/c11-14-13-4-3-7-1-2-9-8(5-7)10(15)6-12-9/h1-2,5-6,12,15H,3-4H2. The predicted molar refractivity (Wildman–Crippen MR) is 63.3 cm³/mol. The van der Waals surface area contributed by atoms with Crippen LogP contribution < -0.4 is 0 Å². The average molecular weight is 218 g/mol. The summed E-state index contributed by atoms with van der Waals surface area (Å²) in [5.74, 6) is 0. The highest BCUT2D eigenvalue weighted by Gasteiger charge is 2.00. The minimum atomic E-state index is 0.494. The maximum atomic E-state index is 8.17. The fraction of sp³-hybridized carbons (Fsp3) is 0.200. The van der Waals surface area contributed by atoms with Crippen molar-refractivity contribution in [2.45, 2.75) is 11.3 Å². The van der Waals surface area contributed by atoms with Crippen molar-refractivity contribution in [2.24, 2.45) is 5.11 Å². The Labute approximate surface area is 92.3 Å². The summed E-state index contributed by atoms with van der Waals surface area (Å²) in [5.41, 5.74) is 10.4. The van der Waals surface area contributed by atoms with E-state index in [0.717, 1.165) is 27.8 Å². The Kier molecular flexibility index (Phi) is 2.85. The van der Waals surface area contributed by atoms with Gasteiger partial charge in [-0.3, -0.25) is 0 Å². The summed E-state index contributed by atoms with van der Waals surface area (Å²) < 4.78 is 0. The number of rotatable bonds is 3. The molecule has 15 heavy (non-hydrogen) atoms. The Hall–Kier alpha value is -1.58.